The molecule has 1 aromatic heterocycles. The summed E-state index contributed by atoms with van der Waals surface area (Å²) >= 11 is 6.00. The Balaban J connectivity index is 1.60. The summed E-state index contributed by atoms with van der Waals surface area (Å²) in [4.78, 5) is 14.3. The summed E-state index contributed by atoms with van der Waals surface area (Å²) in [5.74, 6) is 0.425. The van der Waals surface area contributed by atoms with Crippen molar-refractivity contribution in [3.05, 3.63) is 59.2 Å². The van der Waals surface area contributed by atoms with E-state index in [1.165, 1.54) is 0 Å². The van der Waals surface area contributed by atoms with E-state index in [1.54, 1.807) is 12.1 Å². The Hall–Kier alpha value is -2.50. The second-order valence-electron chi connectivity index (χ2n) is 6.83. The van der Waals surface area contributed by atoms with E-state index in [0.29, 0.717) is 10.8 Å². The topological polar surface area (TPSA) is 46.5 Å². The predicted molar refractivity (Wildman–Crippen MR) is 111 cm³/mol. The van der Waals surface area contributed by atoms with Crippen LogP contribution in [-0.2, 0) is 11.3 Å². The third-order valence-electron chi connectivity index (χ3n) is 4.34. The van der Waals surface area contributed by atoms with Gasteiger partial charge in [0.1, 0.15) is 5.75 Å². The maximum atomic E-state index is 12.2. The van der Waals surface area contributed by atoms with E-state index in [0.717, 1.165) is 35.2 Å². The number of ether oxygens (including phenoxy) is 1. The lowest BCUT2D eigenvalue weighted by Crippen LogP contribution is -2.20. The van der Waals surface area contributed by atoms with Gasteiger partial charge in [-0.15, -0.1) is 0 Å². The van der Waals surface area contributed by atoms with Crippen LogP contribution in [0.3, 0.4) is 0 Å². The number of rotatable bonds is 7. The van der Waals surface area contributed by atoms with E-state index in [4.69, 9.17) is 16.3 Å². The Labute approximate surface area is 164 Å². The molecule has 0 aliphatic rings. The van der Waals surface area contributed by atoms with Gasteiger partial charge in [0.05, 0.1) is 0 Å². The summed E-state index contributed by atoms with van der Waals surface area (Å²) in [7, 11) is 4.12. The highest BCUT2D eigenvalue weighted by molar-refractivity contribution is 6.31. The molecule has 0 aliphatic carbocycles. The summed E-state index contributed by atoms with van der Waals surface area (Å²) in [6, 6.07) is 13.3. The first kappa shape index (κ1) is 19.3. The van der Waals surface area contributed by atoms with Gasteiger partial charge in [-0.05, 0) is 69.0 Å². The highest BCUT2D eigenvalue weighted by atomic mass is 35.5. The molecule has 0 unspecified atom stereocenters. The molecular formula is C21H24ClN3O2. The third-order valence-corrected chi connectivity index (χ3v) is 4.77. The number of nitrogens with one attached hydrogen (secondary N) is 1. The maximum absolute atomic E-state index is 12.2. The number of likely N-dealkylation sites (N-methyl/N-ethyl adjacent to an activating group) is 1. The number of carbonyl (C=O) groups is 1. The smallest absolute Gasteiger partial charge is 0.262 e. The van der Waals surface area contributed by atoms with Crippen LogP contribution in [0.25, 0.3) is 10.9 Å². The molecule has 5 nitrogen and oxygen atoms in total. The van der Waals surface area contributed by atoms with E-state index in [9.17, 15) is 4.79 Å². The fraction of sp³-hybridized carbons (Fsp3) is 0.286. The number of anilines is 1. The monoisotopic (exact) mass is 385 g/mol. The van der Waals surface area contributed by atoms with Gasteiger partial charge in [-0.1, -0.05) is 11.6 Å². The quantitative estimate of drug-likeness (QED) is 0.663. The normalized spacial score (nSPS) is 11.1. The van der Waals surface area contributed by atoms with Gasteiger partial charge in [0.25, 0.3) is 5.91 Å². The first-order chi connectivity index (χ1) is 12.9. The van der Waals surface area contributed by atoms with Crippen LogP contribution in [0.2, 0.25) is 5.02 Å². The molecule has 0 saturated heterocycles. The van der Waals surface area contributed by atoms with Gasteiger partial charge in [0.15, 0.2) is 6.61 Å². The Bertz CT molecular complexity index is 950. The number of aromatic nitrogens is 1. The van der Waals surface area contributed by atoms with Gasteiger partial charge >= 0.3 is 0 Å². The van der Waals surface area contributed by atoms with Crippen LogP contribution in [-0.4, -0.2) is 42.6 Å². The average Bonchev–Trinajstić information content (AvgIpc) is 3.03. The minimum absolute atomic E-state index is 0.0526. The lowest BCUT2D eigenvalue weighted by molar-refractivity contribution is -0.118. The minimum atomic E-state index is -0.200. The first-order valence-electron chi connectivity index (χ1n) is 8.85. The summed E-state index contributed by atoms with van der Waals surface area (Å²) in [5, 5.41) is 4.66. The molecule has 142 valence electrons. The summed E-state index contributed by atoms with van der Waals surface area (Å²) in [6.45, 7) is 3.75. The molecule has 0 atom stereocenters. The van der Waals surface area contributed by atoms with Crippen molar-refractivity contribution in [2.75, 3.05) is 32.6 Å². The fourth-order valence-electron chi connectivity index (χ4n) is 2.83. The second kappa shape index (κ2) is 8.46. The van der Waals surface area contributed by atoms with Gasteiger partial charge in [0, 0.05) is 40.9 Å². The molecule has 0 aliphatic heterocycles. The molecule has 3 rings (SSSR count). The molecule has 2 aromatic carbocycles. The lowest BCUT2D eigenvalue weighted by Gasteiger charge is -2.12. The van der Waals surface area contributed by atoms with E-state index < -0.39 is 0 Å². The van der Waals surface area contributed by atoms with Crippen molar-refractivity contribution in [2.45, 2.75) is 13.5 Å². The molecule has 6 heteroatoms. The Morgan fingerprint density at radius 3 is 2.74 bits per heavy atom. The van der Waals surface area contributed by atoms with Crippen molar-refractivity contribution in [2.24, 2.45) is 0 Å². The molecule has 0 bridgehead atoms. The molecule has 1 amide bonds. The number of aryl methyl sites for hydroxylation is 1. The molecule has 1 heterocycles. The number of hydrogen-bond acceptors (Lipinski definition) is 3. The Morgan fingerprint density at radius 2 is 2.00 bits per heavy atom. The summed E-state index contributed by atoms with van der Waals surface area (Å²) in [6.07, 6.45) is 2.08. The molecule has 1 N–H and O–H groups in total. The predicted octanol–water partition coefficient (Wildman–Crippen LogP) is 4.18. The zero-order valence-corrected chi connectivity index (χ0v) is 16.6. The van der Waals surface area contributed by atoms with Crippen molar-refractivity contribution in [1.82, 2.24) is 9.47 Å². The van der Waals surface area contributed by atoms with Crippen molar-refractivity contribution in [3.63, 3.8) is 0 Å². The number of benzene rings is 2. The van der Waals surface area contributed by atoms with Gasteiger partial charge < -0.3 is 19.5 Å². The van der Waals surface area contributed by atoms with Crippen molar-refractivity contribution in [1.29, 1.82) is 0 Å². The zero-order chi connectivity index (χ0) is 19.4. The molecule has 27 heavy (non-hydrogen) atoms. The van der Waals surface area contributed by atoms with Crippen LogP contribution in [0, 0.1) is 6.92 Å². The van der Waals surface area contributed by atoms with Crippen molar-refractivity contribution >= 4 is 34.1 Å². The minimum Gasteiger partial charge on any atom is -0.484 e. The number of carbonyl (C=O) groups excluding carboxylic acids is 1. The van der Waals surface area contributed by atoms with Crippen LogP contribution in [0.15, 0.2) is 48.7 Å². The van der Waals surface area contributed by atoms with Crippen LogP contribution in [0.4, 0.5) is 5.69 Å². The summed E-state index contributed by atoms with van der Waals surface area (Å²) < 4.78 is 7.76. The van der Waals surface area contributed by atoms with E-state index in [2.05, 4.69) is 41.1 Å². The molecule has 0 saturated carbocycles. The van der Waals surface area contributed by atoms with Crippen molar-refractivity contribution in [3.8, 4) is 5.75 Å². The largest absolute Gasteiger partial charge is 0.484 e. The molecule has 3 aromatic rings. The van der Waals surface area contributed by atoms with Crippen molar-refractivity contribution < 1.29 is 9.53 Å². The highest BCUT2D eigenvalue weighted by Crippen LogP contribution is 2.22. The maximum Gasteiger partial charge on any atom is 0.262 e. The standard InChI is InChI=1S/C21H24ClN3O2/c1-15-12-18(5-6-19(15)22)27-14-21(26)23-17-4-7-20-16(13-17)8-9-25(20)11-10-24(2)3/h4-9,12-13H,10-11,14H2,1-3H3,(H,23,26). The number of halogens is 1. The fourth-order valence-corrected chi connectivity index (χ4v) is 2.95. The molecule has 0 fully saturated rings. The number of nitrogens with zero attached hydrogens (tertiary/aromatic N) is 2. The third kappa shape index (κ3) is 5.02. The van der Waals surface area contributed by atoms with Crippen LogP contribution < -0.4 is 10.1 Å². The van der Waals surface area contributed by atoms with Crippen LogP contribution >= 0.6 is 11.6 Å². The zero-order valence-electron chi connectivity index (χ0n) is 15.8. The SMILES string of the molecule is Cc1cc(OCC(=O)Nc2ccc3c(ccn3CCN(C)C)c2)ccc1Cl. The van der Waals surface area contributed by atoms with Crippen LogP contribution in [0.5, 0.6) is 5.75 Å². The number of amides is 1. The van der Waals surface area contributed by atoms with Gasteiger partial charge in [0.2, 0.25) is 0 Å². The average molecular weight is 386 g/mol. The highest BCUT2D eigenvalue weighted by Gasteiger charge is 2.07. The van der Waals surface area contributed by atoms with Crippen LogP contribution in [0.1, 0.15) is 5.56 Å². The van der Waals surface area contributed by atoms with Gasteiger partial charge in [-0.2, -0.15) is 0 Å². The molecular weight excluding hydrogens is 362 g/mol. The van der Waals surface area contributed by atoms with E-state index in [1.807, 2.05) is 31.2 Å². The summed E-state index contributed by atoms with van der Waals surface area (Å²) in [5.41, 5.74) is 2.83. The molecule has 0 spiro atoms. The van der Waals surface area contributed by atoms with Gasteiger partial charge in [-0.25, -0.2) is 0 Å². The number of fused-ring (bicyclic) bond motifs is 1. The van der Waals surface area contributed by atoms with Gasteiger partial charge in [-0.3, -0.25) is 4.79 Å². The lowest BCUT2D eigenvalue weighted by atomic mass is 10.2. The number of hydrogen-bond donors (Lipinski definition) is 1. The Morgan fingerprint density at radius 1 is 1.19 bits per heavy atom. The second-order valence-corrected chi connectivity index (χ2v) is 7.24. The van der Waals surface area contributed by atoms with E-state index in [-0.39, 0.29) is 12.5 Å². The Kier molecular flexibility index (Phi) is 6.04. The first-order valence-corrected chi connectivity index (χ1v) is 9.22. The molecule has 0 radical (unpaired) electrons. The van der Waals surface area contributed by atoms with E-state index >= 15 is 0 Å².